The summed E-state index contributed by atoms with van der Waals surface area (Å²) in [6.07, 6.45) is 0.794. The molecule has 0 heterocycles. The molecule has 21 heavy (non-hydrogen) atoms. The van der Waals surface area contributed by atoms with Crippen molar-refractivity contribution in [1.29, 1.82) is 0 Å². The molecule has 0 aliphatic rings. The van der Waals surface area contributed by atoms with Gasteiger partial charge in [-0.1, -0.05) is 12.1 Å². The molecule has 0 aromatic heterocycles. The second-order valence-electron chi connectivity index (χ2n) is 4.72. The van der Waals surface area contributed by atoms with Crippen LogP contribution >= 0.6 is 15.9 Å². The molecule has 2 aromatic rings. The molecule has 2 aromatic carbocycles. The molecule has 0 unspecified atom stereocenters. The summed E-state index contributed by atoms with van der Waals surface area (Å²) in [6, 6.07) is 10.3. The number of aromatic hydroxyl groups is 1. The number of hydrogen-bond donors (Lipinski definition) is 2. The molecule has 0 fully saturated rings. The first kappa shape index (κ1) is 15.3. The fourth-order valence-corrected chi connectivity index (χ4v) is 2.48. The summed E-state index contributed by atoms with van der Waals surface area (Å²) in [7, 11) is 0. The summed E-state index contributed by atoms with van der Waals surface area (Å²) < 4.78 is 0.672. The minimum atomic E-state index is -0.389. The van der Waals surface area contributed by atoms with E-state index < -0.39 is 0 Å². The van der Waals surface area contributed by atoms with Crippen LogP contribution in [0.1, 0.15) is 11.1 Å². The van der Waals surface area contributed by atoms with E-state index in [0.717, 1.165) is 17.7 Å². The number of nitro benzene ring substituents is 1. The van der Waals surface area contributed by atoms with Gasteiger partial charge in [-0.25, -0.2) is 0 Å². The predicted molar refractivity (Wildman–Crippen MR) is 85.8 cm³/mol. The molecule has 0 saturated carbocycles. The van der Waals surface area contributed by atoms with Gasteiger partial charge in [0, 0.05) is 28.3 Å². The lowest BCUT2D eigenvalue weighted by Crippen LogP contribution is -2.06. The van der Waals surface area contributed by atoms with Crippen molar-refractivity contribution in [3.05, 3.63) is 62.1 Å². The minimum Gasteiger partial charge on any atom is -0.508 e. The average Bonchev–Trinajstić information content (AvgIpc) is 2.44. The number of hydrogen-bond acceptors (Lipinski definition) is 4. The monoisotopic (exact) mass is 350 g/mol. The highest BCUT2D eigenvalue weighted by Crippen LogP contribution is 2.30. The van der Waals surface area contributed by atoms with E-state index >= 15 is 0 Å². The third-order valence-electron chi connectivity index (χ3n) is 3.15. The Hall–Kier alpha value is -2.08. The van der Waals surface area contributed by atoms with E-state index in [1.165, 1.54) is 6.07 Å². The zero-order valence-corrected chi connectivity index (χ0v) is 13.1. The lowest BCUT2D eigenvalue weighted by molar-refractivity contribution is -0.385. The van der Waals surface area contributed by atoms with Crippen LogP contribution in [0.25, 0.3) is 0 Å². The van der Waals surface area contributed by atoms with Crippen LogP contribution in [0.5, 0.6) is 5.75 Å². The van der Waals surface area contributed by atoms with Crippen LogP contribution < -0.4 is 5.32 Å². The quantitative estimate of drug-likeness (QED) is 0.630. The average molecular weight is 351 g/mol. The number of phenols is 1. The maximum Gasteiger partial charge on any atom is 0.273 e. The molecule has 0 radical (unpaired) electrons. The maximum atomic E-state index is 10.9. The number of nitrogens with one attached hydrogen (secondary N) is 1. The van der Waals surface area contributed by atoms with Crippen molar-refractivity contribution >= 4 is 27.3 Å². The zero-order valence-electron chi connectivity index (χ0n) is 11.5. The van der Waals surface area contributed by atoms with Crippen LogP contribution in [0.3, 0.4) is 0 Å². The summed E-state index contributed by atoms with van der Waals surface area (Å²) in [5.74, 6) is 0.250. The summed E-state index contributed by atoms with van der Waals surface area (Å²) in [5, 5.41) is 23.3. The van der Waals surface area contributed by atoms with E-state index in [1.54, 1.807) is 25.1 Å². The highest BCUT2D eigenvalue weighted by atomic mass is 79.9. The maximum absolute atomic E-state index is 10.9. The Morgan fingerprint density at radius 3 is 2.57 bits per heavy atom. The molecular weight excluding hydrogens is 336 g/mol. The Bertz CT molecular complexity index is 657. The van der Waals surface area contributed by atoms with Gasteiger partial charge in [-0.3, -0.25) is 10.1 Å². The normalized spacial score (nSPS) is 10.4. The van der Waals surface area contributed by atoms with E-state index in [-0.39, 0.29) is 16.4 Å². The Morgan fingerprint density at radius 2 is 1.95 bits per heavy atom. The van der Waals surface area contributed by atoms with Crippen molar-refractivity contribution in [2.75, 3.05) is 11.9 Å². The van der Waals surface area contributed by atoms with E-state index in [9.17, 15) is 15.2 Å². The minimum absolute atomic E-state index is 0.103. The summed E-state index contributed by atoms with van der Waals surface area (Å²) in [4.78, 5) is 10.5. The molecule has 5 nitrogen and oxygen atoms in total. The second kappa shape index (κ2) is 6.58. The Kier molecular flexibility index (Phi) is 4.80. The Balaban J connectivity index is 2.02. The molecule has 110 valence electrons. The third kappa shape index (κ3) is 3.95. The van der Waals surface area contributed by atoms with Crippen molar-refractivity contribution < 1.29 is 10.0 Å². The molecule has 0 atom stereocenters. The molecular formula is C15H15BrN2O3. The summed E-state index contributed by atoms with van der Waals surface area (Å²) in [5.41, 5.74) is 2.66. The van der Waals surface area contributed by atoms with Gasteiger partial charge in [-0.05, 0) is 53.0 Å². The molecule has 2 rings (SSSR count). The molecule has 0 aliphatic carbocycles. The summed E-state index contributed by atoms with van der Waals surface area (Å²) in [6.45, 7) is 2.41. The number of nitro groups is 1. The van der Waals surface area contributed by atoms with E-state index in [2.05, 4.69) is 21.2 Å². The van der Waals surface area contributed by atoms with Crippen molar-refractivity contribution in [2.24, 2.45) is 0 Å². The highest BCUT2D eigenvalue weighted by molar-refractivity contribution is 9.10. The third-order valence-corrected chi connectivity index (χ3v) is 3.80. The van der Waals surface area contributed by atoms with Gasteiger partial charge in [0.05, 0.1) is 4.92 Å². The van der Waals surface area contributed by atoms with E-state index in [4.69, 9.17) is 0 Å². The first-order valence-electron chi connectivity index (χ1n) is 6.43. The van der Waals surface area contributed by atoms with Crippen LogP contribution in [-0.2, 0) is 6.42 Å². The molecule has 6 heteroatoms. The number of phenolic OH excluding ortho intramolecular Hbond substituents is 1. The lowest BCUT2D eigenvalue weighted by atomic mass is 10.1. The van der Waals surface area contributed by atoms with Crippen LogP contribution in [0.2, 0.25) is 0 Å². The fourth-order valence-electron chi connectivity index (χ4n) is 2.01. The van der Waals surface area contributed by atoms with Gasteiger partial charge in [0.15, 0.2) is 0 Å². The molecule has 0 saturated heterocycles. The standard InChI is InChI=1S/C15H15BrN2O3/c1-10-8-14(13(16)9-15(10)18(20)21)17-7-6-11-2-4-12(19)5-3-11/h2-5,8-9,17,19H,6-7H2,1H3. The van der Waals surface area contributed by atoms with Crippen LogP contribution in [-0.4, -0.2) is 16.6 Å². The van der Waals surface area contributed by atoms with Crippen molar-refractivity contribution in [2.45, 2.75) is 13.3 Å². The van der Waals surface area contributed by atoms with Crippen LogP contribution in [0.4, 0.5) is 11.4 Å². The van der Waals surface area contributed by atoms with Gasteiger partial charge < -0.3 is 10.4 Å². The van der Waals surface area contributed by atoms with Crippen molar-refractivity contribution in [3.63, 3.8) is 0 Å². The van der Waals surface area contributed by atoms with Gasteiger partial charge in [0.1, 0.15) is 5.75 Å². The van der Waals surface area contributed by atoms with Crippen molar-refractivity contribution in [1.82, 2.24) is 0 Å². The van der Waals surface area contributed by atoms with E-state index in [0.29, 0.717) is 16.6 Å². The van der Waals surface area contributed by atoms with Gasteiger partial charge in [0.2, 0.25) is 0 Å². The second-order valence-corrected chi connectivity index (χ2v) is 5.57. The number of aryl methyl sites for hydroxylation is 1. The zero-order chi connectivity index (χ0) is 15.4. The smallest absolute Gasteiger partial charge is 0.273 e. The molecule has 0 amide bonds. The van der Waals surface area contributed by atoms with Gasteiger partial charge in [-0.15, -0.1) is 0 Å². The number of benzene rings is 2. The largest absolute Gasteiger partial charge is 0.508 e. The van der Waals surface area contributed by atoms with Gasteiger partial charge in [0.25, 0.3) is 5.69 Å². The van der Waals surface area contributed by atoms with Crippen LogP contribution in [0, 0.1) is 17.0 Å². The Morgan fingerprint density at radius 1 is 1.29 bits per heavy atom. The van der Waals surface area contributed by atoms with Gasteiger partial charge in [-0.2, -0.15) is 0 Å². The van der Waals surface area contributed by atoms with Gasteiger partial charge >= 0.3 is 0 Å². The molecule has 0 spiro atoms. The predicted octanol–water partition coefficient (Wildman–Crippen LogP) is 4.03. The first-order valence-corrected chi connectivity index (χ1v) is 7.23. The Labute approximate surface area is 130 Å². The number of rotatable bonds is 5. The highest BCUT2D eigenvalue weighted by Gasteiger charge is 2.13. The first-order chi connectivity index (χ1) is 9.97. The molecule has 0 bridgehead atoms. The number of anilines is 1. The topological polar surface area (TPSA) is 75.4 Å². The lowest BCUT2D eigenvalue weighted by Gasteiger charge is -2.10. The molecule has 0 aliphatic heterocycles. The SMILES string of the molecule is Cc1cc(NCCc2ccc(O)cc2)c(Br)cc1[N+](=O)[O-]. The number of nitrogens with zero attached hydrogens (tertiary/aromatic N) is 1. The number of halogens is 1. The van der Waals surface area contributed by atoms with Crippen molar-refractivity contribution in [3.8, 4) is 5.75 Å². The fraction of sp³-hybridized carbons (Fsp3) is 0.200. The summed E-state index contributed by atoms with van der Waals surface area (Å²) >= 11 is 3.35. The van der Waals surface area contributed by atoms with Crippen LogP contribution in [0.15, 0.2) is 40.9 Å². The molecule has 2 N–H and O–H groups in total. The van der Waals surface area contributed by atoms with E-state index in [1.807, 2.05) is 12.1 Å².